The number of hydrogen-bond donors (Lipinski definition) is 1. The molecule has 1 aliphatic carbocycles. The molecule has 0 atom stereocenters. The van der Waals surface area contributed by atoms with Gasteiger partial charge >= 0.3 is 5.97 Å². The summed E-state index contributed by atoms with van der Waals surface area (Å²) in [4.78, 5) is 13.5. The highest BCUT2D eigenvalue weighted by atomic mass is 35.5. The first kappa shape index (κ1) is 20.0. The molecule has 1 aromatic carbocycles. The van der Waals surface area contributed by atoms with E-state index < -0.39 is 5.97 Å². The molecule has 1 fully saturated rings. The molecule has 1 saturated carbocycles. The number of thiophene rings is 1. The lowest BCUT2D eigenvalue weighted by Crippen LogP contribution is -2.02. The highest BCUT2D eigenvalue weighted by molar-refractivity contribution is 7.16. The minimum absolute atomic E-state index is 0.00185. The Balaban J connectivity index is 1.80. The molecular weight excluding hydrogens is 427 g/mol. The number of aromatic carboxylic acids is 1. The summed E-state index contributed by atoms with van der Waals surface area (Å²) in [7, 11) is 0. The van der Waals surface area contributed by atoms with Crippen molar-refractivity contribution in [1.82, 2.24) is 9.78 Å². The molecule has 1 N–H and O–H groups in total. The summed E-state index contributed by atoms with van der Waals surface area (Å²) < 4.78 is 1.58. The number of benzene rings is 1. The summed E-state index contributed by atoms with van der Waals surface area (Å²) >= 11 is 13.9. The fraction of sp³-hybridized carbons (Fsp3) is 0.273. The summed E-state index contributed by atoms with van der Waals surface area (Å²) in [5.74, 6) is 6.06. The van der Waals surface area contributed by atoms with E-state index in [1.807, 2.05) is 12.1 Å². The van der Waals surface area contributed by atoms with Crippen LogP contribution in [0, 0.1) is 24.7 Å². The number of aromatic nitrogens is 2. The summed E-state index contributed by atoms with van der Waals surface area (Å²) in [5, 5.41) is 14.8. The lowest BCUT2D eigenvalue weighted by atomic mass is 10.1. The predicted octanol–water partition coefficient (Wildman–Crippen LogP) is 6.46. The van der Waals surface area contributed by atoms with E-state index in [-0.39, 0.29) is 5.69 Å². The molecule has 7 heteroatoms. The molecule has 0 saturated heterocycles. The standard InChI is InChI=1S/C22H18Cl2N2O2S/c1-13-20(22(27)28)25-26(18-10-7-15(23)12-17(18)24)21(13)19-11-9-16(29-19)8-6-14-4-2-3-5-14/h7,9-12,14H,2-5H2,1H3,(H,27,28). The molecule has 2 aromatic heterocycles. The van der Waals surface area contributed by atoms with Crippen molar-refractivity contribution in [3.63, 3.8) is 0 Å². The summed E-state index contributed by atoms with van der Waals surface area (Å²) in [5.41, 5.74) is 1.86. The van der Waals surface area contributed by atoms with Crippen LogP contribution in [0.1, 0.15) is 46.6 Å². The Morgan fingerprint density at radius 3 is 2.69 bits per heavy atom. The topological polar surface area (TPSA) is 55.1 Å². The molecule has 1 aliphatic rings. The third-order valence-corrected chi connectivity index (χ3v) is 6.60. The summed E-state index contributed by atoms with van der Waals surface area (Å²) in [6.45, 7) is 1.76. The first-order valence-electron chi connectivity index (χ1n) is 9.34. The van der Waals surface area contributed by atoms with Gasteiger partial charge in [0, 0.05) is 16.5 Å². The zero-order valence-electron chi connectivity index (χ0n) is 15.7. The predicted molar refractivity (Wildman–Crippen MR) is 117 cm³/mol. The number of carbonyl (C=O) groups is 1. The molecule has 0 radical (unpaired) electrons. The Bertz CT molecular complexity index is 1150. The van der Waals surface area contributed by atoms with Crippen LogP contribution in [0.25, 0.3) is 16.3 Å². The maximum absolute atomic E-state index is 11.7. The van der Waals surface area contributed by atoms with Gasteiger partial charge in [0.1, 0.15) is 0 Å². The van der Waals surface area contributed by atoms with Gasteiger partial charge in [0.15, 0.2) is 5.69 Å². The van der Waals surface area contributed by atoms with Crippen molar-refractivity contribution < 1.29 is 9.90 Å². The zero-order chi connectivity index (χ0) is 20.5. The molecular formula is C22H18Cl2N2O2S. The van der Waals surface area contributed by atoms with E-state index in [1.165, 1.54) is 37.0 Å². The normalized spacial score (nSPS) is 14.0. The fourth-order valence-electron chi connectivity index (χ4n) is 3.59. The van der Waals surface area contributed by atoms with Gasteiger partial charge in [0.25, 0.3) is 0 Å². The highest BCUT2D eigenvalue weighted by Crippen LogP contribution is 2.36. The minimum atomic E-state index is -1.08. The van der Waals surface area contributed by atoms with E-state index in [4.69, 9.17) is 23.2 Å². The molecule has 0 bridgehead atoms. The quantitative estimate of drug-likeness (QED) is 0.471. The van der Waals surface area contributed by atoms with Crippen molar-refractivity contribution in [2.45, 2.75) is 32.6 Å². The van der Waals surface area contributed by atoms with E-state index in [0.29, 0.717) is 32.9 Å². The van der Waals surface area contributed by atoms with Crippen LogP contribution in [0.4, 0.5) is 0 Å². The first-order chi connectivity index (χ1) is 13.9. The SMILES string of the molecule is Cc1c(C(=O)O)nn(-c2ccc(Cl)cc2Cl)c1-c1ccc(C#CC2CCCC2)s1. The van der Waals surface area contributed by atoms with Crippen molar-refractivity contribution in [2.24, 2.45) is 5.92 Å². The van der Waals surface area contributed by atoms with Crippen molar-refractivity contribution >= 4 is 40.5 Å². The Hall–Kier alpha value is -2.26. The Labute approximate surface area is 183 Å². The van der Waals surface area contributed by atoms with Crippen LogP contribution in [-0.2, 0) is 0 Å². The van der Waals surface area contributed by atoms with Crippen molar-refractivity contribution in [3.8, 4) is 28.1 Å². The lowest BCUT2D eigenvalue weighted by molar-refractivity contribution is 0.0689. The van der Waals surface area contributed by atoms with Gasteiger partial charge in [-0.1, -0.05) is 47.9 Å². The maximum atomic E-state index is 11.7. The van der Waals surface area contributed by atoms with Gasteiger partial charge in [0.2, 0.25) is 0 Å². The van der Waals surface area contributed by atoms with Crippen molar-refractivity contribution in [3.05, 3.63) is 56.5 Å². The van der Waals surface area contributed by atoms with Crippen LogP contribution in [0.15, 0.2) is 30.3 Å². The Kier molecular flexibility index (Phi) is 5.69. The molecule has 2 heterocycles. The number of carboxylic acids is 1. The van der Waals surface area contributed by atoms with Crippen molar-refractivity contribution in [1.29, 1.82) is 0 Å². The second-order valence-corrected chi connectivity index (χ2v) is 8.98. The van der Waals surface area contributed by atoms with Gasteiger partial charge in [0.05, 0.1) is 26.2 Å². The molecule has 4 nitrogen and oxygen atoms in total. The van der Waals surface area contributed by atoms with Gasteiger partial charge in [-0.25, -0.2) is 9.48 Å². The minimum Gasteiger partial charge on any atom is -0.476 e. The highest BCUT2D eigenvalue weighted by Gasteiger charge is 2.23. The monoisotopic (exact) mass is 444 g/mol. The van der Waals surface area contributed by atoms with E-state index in [9.17, 15) is 9.90 Å². The third kappa shape index (κ3) is 4.06. The van der Waals surface area contributed by atoms with E-state index in [2.05, 4.69) is 16.9 Å². The molecule has 0 amide bonds. The molecule has 4 rings (SSSR count). The summed E-state index contributed by atoms with van der Waals surface area (Å²) in [6.07, 6.45) is 4.86. The smallest absolute Gasteiger partial charge is 0.356 e. The van der Waals surface area contributed by atoms with Gasteiger partial charge in [-0.3, -0.25) is 0 Å². The first-order valence-corrected chi connectivity index (χ1v) is 10.9. The second kappa shape index (κ2) is 8.23. The van der Waals surface area contributed by atoms with Gasteiger partial charge in [-0.2, -0.15) is 5.10 Å². The van der Waals surface area contributed by atoms with Crippen LogP contribution in [0.2, 0.25) is 10.0 Å². The van der Waals surface area contributed by atoms with Gasteiger partial charge in [-0.05, 0) is 50.1 Å². The molecule has 3 aromatic rings. The average Bonchev–Trinajstić information content (AvgIpc) is 3.39. The average molecular weight is 445 g/mol. The number of nitrogens with zero attached hydrogens (tertiary/aromatic N) is 2. The molecule has 148 valence electrons. The number of hydrogen-bond acceptors (Lipinski definition) is 3. The van der Waals surface area contributed by atoms with Crippen LogP contribution >= 0.6 is 34.5 Å². The van der Waals surface area contributed by atoms with E-state index >= 15 is 0 Å². The van der Waals surface area contributed by atoms with Crippen molar-refractivity contribution in [2.75, 3.05) is 0 Å². The van der Waals surface area contributed by atoms with Crippen LogP contribution in [0.3, 0.4) is 0 Å². The van der Waals surface area contributed by atoms with Crippen LogP contribution in [-0.4, -0.2) is 20.9 Å². The zero-order valence-corrected chi connectivity index (χ0v) is 18.0. The maximum Gasteiger partial charge on any atom is 0.356 e. The largest absolute Gasteiger partial charge is 0.476 e. The molecule has 0 spiro atoms. The third-order valence-electron chi connectivity index (χ3n) is 5.06. The lowest BCUT2D eigenvalue weighted by Gasteiger charge is -2.09. The van der Waals surface area contributed by atoms with E-state index in [1.54, 1.807) is 29.8 Å². The number of carboxylic acid groups (broad SMARTS) is 1. The van der Waals surface area contributed by atoms with Gasteiger partial charge < -0.3 is 5.11 Å². The second-order valence-electron chi connectivity index (χ2n) is 7.05. The Morgan fingerprint density at radius 1 is 1.24 bits per heavy atom. The fourth-order valence-corrected chi connectivity index (χ4v) is 5.04. The van der Waals surface area contributed by atoms with Crippen LogP contribution in [0.5, 0.6) is 0 Å². The molecule has 0 unspecified atom stereocenters. The van der Waals surface area contributed by atoms with Crippen LogP contribution < -0.4 is 0 Å². The molecule has 29 heavy (non-hydrogen) atoms. The van der Waals surface area contributed by atoms with E-state index in [0.717, 1.165) is 9.75 Å². The summed E-state index contributed by atoms with van der Waals surface area (Å²) in [6, 6.07) is 8.99. The molecule has 0 aliphatic heterocycles. The number of rotatable bonds is 3. The number of halogens is 2. The van der Waals surface area contributed by atoms with Gasteiger partial charge in [-0.15, -0.1) is 11.3 Å². The Morgan fingerprint density at radius 2 is 2.00 bits per heavy atom.